The topological polar surface area (TPSA) is 71.1 Å². The molecule has 7 heteroatoms. The predicted octanol–water partition coefficient (Wildman–Crippen LogP) is 1.04. The van der Waals surface area contributed by atoms with Gasteiger partial charge in [0.15, 0.2) is 0 Å². The molecule has 2 heterocycles. The molecule has 1 atom stereocenters. The van der Waals surface area contributed by atoms with E-state index in [-0.39, 0.29) is 18.2 Å². The minimum Gasteiger partial charge on any atom is -0.447 e. The number of nitrogens with zero attached hydrogens (tertiary/aromatic N) is 2. The lowest BCUT2D eigenvalue weighted by Gasteiger charge is -2.35. The van der Waals surface area contributed by atoms with Crippen LogP contribution < -0.4 is 5.32 Å². The Labute approximate surface area is 125 Å². The summed E-state index contributed by atoms with van der Waals surface area (Å²) >= 11 is 0. The molecule has 0 aromatic rings. The summed E-state index contributed by atoms with van der Waals surface area (Å²) in [6.45, 7) is 10.0. The van der Waals surface area contributed by atoms with Crippen LogP contribution in [0, 0.1) is 0 Å². The van der Waals surface area contributed by atoms with Gasteiger partial charge in [-0.1, -0.05) is 0 Å². The van der Waals surface area contributed by atoms with Crippen molar-refractivity contribution in [2.45, 2.75) is 38.8 Å². The highest BCUT2D eigenvalue weighted by Crippen LogP contribution is 2.12. The van der Waals surface area contributed by atoms with E-state index < -0.39 is 5.60 Å². The lowest BCUT2D eigenvalue weighted by atomic mass is 10.2. The van der Waals surface area contributed by atoms with Gasteiger partial charge < -0.3 is 19.7 Å². The number of amides is 2. The summed E-state index contributed by atoms with van der Waals surface area (Å²) in [7, 11) is 0. The minimum absolute atomic E-state index is 0.112. The van der Waals surface area contributed by atoms with Gasteiger partial charge in [0.1, 0.15) is 12.2 Å². The Morgan fingerprint density at radius 3 is 2.52 bits per heavy atom. The van der Waals surface area contributed by atoms with Gasteiger partial charge in [-0.15, -0.1) is 0 Å². The largest absolute Gasteiger partial charge is 0.447 e. The molecule has 0 saturated carbocycles. The van der Waals surface area contributed by atoms with E-state index in [1.165, 1.54) is 0 Å². The van der Waals surface area contributed by atoms with Crippen LogP contribution >= 0.6 is 0 Å². The van der Waals surface area contributed by atoms with E-state index >= 15 is 0 Å². The lowest BCUT2D eigenvalue weighted by Crippen LogP contribution is -2.50. The van der Waals surface area contributed by atoms with Crippen molar-refractivity contribution in [3.63, 3.8) is 0 Å². The van der Waals surface area contributed by atoms with Crippen molar-refractivity contribution in [2.24, 2.45) is 0 Å². The standard InChI is InChI=1S/C14H25N3O4/c1-14(2,3)21-13(19)17-8-6-16(7-9-17)5-4-11-10-20-12(18)15-11/h11H,4-10H2,1-3H3,(H,15,18). The molecule has 2 rings (SSSR count). The number of carbonyl (C=O) groups excluding carboxylic acids is 2. The van der Waals surface area contributed by atoms with Gasteiger partial charge in [-0.05, 0) is 27.2 Å². The van der Waals surface area contributed by atoms with Gasteiger partial charge in [0.25, 0.3) is 0 Å². The summed E-state index contributed by atoms with van der Waals surface area (Å²) in [5.41, 5.74) is -0.450. The first-order valence-corrected chi connectivity index (χ1v) is 7.47. The molecule has 0 spiro atoms. The number of hydrogen-bond donors (Lipinski definition) is 1. The first-order valence-electron chi connectivity index (χ1n) is 7.47. The Bertz CT molecular complexity index is 386. The fraction of sp³-hybridized carbons (Fsp3) is 0.857. The summed E-state index contributed by atoms with van der Waals surface area (Å²) in [5.74, 6) is 0. The molecule has 7 nitrogen and oxygen atoms in total. The third-order valence-electron chi connectivity index (χ3n) is 3.56. The zero-order valence-electron chi connectivity index (χ0n) is 13.1. The molecule has 0 bridgehead atoms. The Hall–Kier alpha value is -1.50. The second-order valence-corrected chi connectivity index (χ2v) is 6.54. The molecule has 0 radical (unpaired) electrons. The van der Waals surface area contributed by atoms with Crippen LogP contribution in [0.4, 0.5) is 9.59 Å². The SMILES string of the molecule is CC(C)(C)OC(=O)N1CCN(CCC2COC(=O)N2)CC1. The van der Waals surface area contributed by atoms with E-state index in [1.54, 1.807) is 4.90 Å². The highest BCUT2D eigenvalue weighted by atomic mass is 16.6. The van der Waals surface area contributed by atoms with Crippen LogP contribution in [0.3, 0.4) is 0 Å². The van der Waals surface area contributed by atoms with E-state index in [4.69, 9.17) is 9.47 Å². The molecule has 1 N–H and O–H groups in total. The summed E-state index contributed by atoms with van der Waals surface area (Å²) in [6, 6.07) is 0.112. The molecule has 0 aromatic heterocycles. The van der Waals surface area contributed by atoms with Crippen LogP contribution in [0.5, 0.6) is 0 Å². The third kappa shape index (κ3) is 5.08. The Kier molecular flexibility index (Phi) is 4.92. The Balaban J connectivity index is 1.66. The average Bonchev–Trinajstić information content (AvgIpc) is 2.81. The summed E-state index contributed by atoms with van der Waals surface area (Å²) in [5, 5.41) is 2.77. The zero-order valence-corrected chi connectivity index (χ0v) is 13.1. The smallest absolute Gasteiger partial charge is 0.410 e. The third-order valence-corrected chi connectivity index (χ3v) is 3.56. The molecule has 2 amide bonds. The quantitative estimate of drug-likeness (QED) is 0.843. The Morgan fingerprint density at radius 1 is 1.33 bits per heavy atom. The molecule has 2 aliphatic rings. The van der Waals surface area contributed by atoms with E-state index in [2.05, 4.69) is 10.2 Å². The molecule has 2 saturated heterocycles. The van der Waals surface area contributed by atoms with Gasteiger partial charge in [0.2, 0.25) is 0 Å². The normalized spacial score (nSPS) is 23.7. The van der Waals surface area contributed by atoms with Crippen molar-refractivity contribution in [2.75, 3.05) is 39.3 Å². The summed E-state index contributed by atoms with van der Waals surface area (Å²) in [6.07, 6.45) is 0.311. The van der Waals surface area contributed by atoms with Crippen molar-refractivity contribution in [1.29, 1.82) is 0 Å². The number of carbonyl (C=O) groups is 2. The number of hydrogen-bond acceptors (Lipinski definition) is 5. The maximum Gasteiger partial charge on any atom is 0.410 e. The summed E-state index contributed by atoms with van der Waals surface area (Å²) < 4.78 is 10.2. The van der Waals surface area contributed by atoms with Gasteiger partial charge in [0.05, 0.1) is 6.04 Å². The van der Waals surface area contributed by atoms with Crippen molar-refractivity contribution in [1.82, 2.24) is 15.1 Å². The number of rotatable bonds is 3. The molecule has 0 aliphatic carbocycles. The second kappa shape index (κ2) is 6.51. The monoisotopic (exact) mass is 299 g/mol. The van der Waals surface area contributed by atoms with Crippen molar-refractivity contribution in [3.05, 3.63) is 0 Å². The lowest BCUT2D eigenvalue weighted by molar-refractivity contribution is 0.0143. The van der Waals surface area contributed by atoms with Crippen LogP contribution in [0.25, 0.3) is 0 Å². The van der Waals surface area contributed by atoms with Crippen LogP contribution in [-0.2, 0) is 9.47 Å². The van der Waals surface area contributed by atoms with Gasteiger partial charge in [-0.2, -0.15) is 0 Å². The fourth-order valence-electron chi connectivity index (χ4n) is 2.40. The number of nitrogens with one attached hydrogen (secondary N) is 1. The number of ether oxygens (including phenoxy) is 2. The Morgan fingerprint density at radius 2 is 2.00 bits per heavy atom. The molecular formula is C14H25N3O4. The van der Waals surface area contributed by atoms with Gasteiger partial charge in [-0.25, -0.2) is 9.59 Å². The molecular weight excluding hydrogens is 274 g/mol. The summed E-state index contributed by atoms with van der Waals surface area (Å²) in [4.78, 5) is 26.9. The first-order chi connectivity index (χ1) is 9.83. The predicted molar refractivity (Wildman–Crippen MR) is 77.1 cm³/mol. The van der Waals surface area contributed by atoms with E-state index in [0.717, 1.165) is 26.1 Å². The average molecular weight is 299 g/mol. The van der Waals surface area contributed by atoms with E-state index in [9.17, 15) is 9.59 Å². The van der Waals surface area contributed by atoms with Crippen LogP contribution in [0.15, 0.2) is 0 Å². The highest BCUT2D eigenvalue weighted by molar-refractivity contribution is 5.69. The van der Waals surface area contributed by atoms with Crippen molar-refractivity contribution >= 4 is 12.2 Å². The molecule has 120 valence electrons. The highest BCUT2D eigenvalue weighted by Gasteiger charge is 2.27. The molecule has 2 fully saturated rings. The maximum atomic E-state index is 11.9. The van der Waals surface area contributed by atoms with Gasteiger partial charge in [-0.3, -0.25) is 4.90 Å². The van der Waals surface area contributed by atoms with E-state index in [0.29, 0.717) is 19.7 Å². The minimum atomic E-state index is -0.450. The van der Waals surface area contributed by atoms with Crippen LogP contribution in [0.2, 0.25) is 0 Å². The first kappa shape index (κ1) is 15.9. The second-order valence-electron chi connectivity index (χ2n) is 6.54. The molecule has 0 aromatic carbocycles. The maximum absolute atomic E-state index is 11.9. The van der Waals surface area contributed by atoms with E-state index in [1.807, 2.05) is 20.8 Å². The van der Waals surface area contributed by atoms with Gasteiger partial charge >= 0.3 is 12.2 Å². The van der Waals surface area contributed by atoms with Crippen molar-refractivity contribution in [3.8, 4) is 0 Å². The number of piperazine rings is 1. The fourth-order valence-corrected chi connectivity index (χ4v) is 2.40. The van der Waals surface area contributed by atoms with Crippen LogP contribution in [-0.4, -0.2) is 73.0 Å². The van der Waals surface area contributed by atoms with Gasteiger partial charge in [0, 0.05) is 32.7 Å². The zero-order chi connectivity index (χ0) is 15.5. The molecule has 21 heavy (non-hydrogen) atoms. The molecule has 1 unspecified atom stereocenters. The number of alkyl carbamates (subject to hydrolysis) is 1. The molecule has 2 aliphatic heterocycles. The number of cyclic esters (lactones) is 1. The van der Waals surface area contributed by atoms with Crippen LogP contribution in [0.1, 0.15) is 27.2 Å². The van der Waals surface area contributed by atoms with Crippen molar-refractivity contribution < 1.29 is 19.1 Å².